The molecular formula is C19H21FN2O4S. The molecule has 0 unspecified atom stereocenters. The predicted octanol–water partition coefficient (Wildman–Crippen LogP) is 2.44. The van der Waals surface area contributed by atoms with Crippen LogP contribution in [0.3, 0.4) is 0 Å². The monoisotopic (exact) mass is 392 g/mol. The van der Waals surface area contributed by atoms with E-state index in [2.05, 4.69) is 11.3 Å². The molecule has 2 aromatic carbocycles. The minimum Gasteiger partial charge on any atom is -0.492 e. The first-order valence-corrected chi connectivity index (χ1v) is 9.66. The van der Waals surface area contributed by atoms with Crippen molar-refractivity contribution in [2.45, 2.75) is 4.90 Å². The highest BCUT2D eigenvalue weighted by molar-refractivity contribution is 7.89. The van der Waals surface area contributed by atoms with E-state index in [-0.39, 0.29) is 41.9 Å². The first kappa shape index (κ1) is 20.6. The van der Waals surface area contributed by atoms with Gasteiger partial charge in [0.2, 0.25) is 10.0 Å². The second kappa shape index (κ2) is 9.29. The molecule has 8 heteroatoms. The van der Waals surface area contributed by atoms with Crippen molar-refractivity contribution in [2.24, 2.45) is 0 Å². The van der Waals surface area contributed by atoms with Crippen molar-refractivity contribution in [1.82, 2.24) is 9.62 Å². The highest BCUT2D eigenvalue weighted by atomic mass is 32.2. The molecule has 0 radical (unpaired) electrons. The molecule has 0 aliphatic heterocycles. The number of sulfonamides is 1. The van der Waals surface area contributed by atoms with E-state index in [0.717, 1.165) is 0 Å². The smallest absolute Gasteiger partial charge is 0.253 e. The fourth-order valence-corrected chi connectivity index (χ4v) is 3.25. The average Bonchev–Trinajstić information content (AvgIpc) is 2.67. The fraction of sp³-hybridized carbons (Fsp3) is 0.211. The van der Waals surface area contributed by atoms with Crippen LogP contribution >= 0.6 is 0 Å². The van der Waals surface area contributed by atoms with Crippen LogP contribution < -0.4 is 9.46 Å². The molecule has 1 N–H and O–H groups in total. The van der Waals surface area contributed by atoms with Crippen LogP contribution in [-0.2, 0) is 10.0 Å². The second-order valence-corrected chi connectivity index (χ2v) is 7.46. The van der Waals surface area contributed by atoms with Gasteiger partial charge in [-0.15, -0.1) is 6.58 Å². The molecule has 144 valence electrons. The van der Waals surface area contributed by atoms with Gasteiger partial charge >= 0.3 is 0 Å². The predicted molar refractivity (Wildman–Crippen MR) is 101 cm³/mol. The maximum atomic E-state index is 12.9. The molecule has 0 aliphatic carbocycles. The molecule has 0 atom stereocenters. The van der Waals surface area contributed by atoms with Crippen LogP contribution in [-0.4, -0.2) is 46.0 Å². The van der Waals surface area contributed by atoms with Crippen molar-refractivity contribution < 1.29 is 22.3 Å². The minimum absolute atomic E-state index is 0.00571. The van der Waals surface area contributed by atoms with Crippen LogP contribution in [0.1, 0.15) is 10.4 Å². The van der Waals surface area contributed by atoms with E-state index in [1.165, 1.54) is 53.4 Å². The maximum absolute atomic E-state index is 12.9. The number of hydrogen-bond donors (Lipinski definition) is 1. The lowest BCUT2D eigenvalue weighted by molar-refractivity contribution is 0.0773. The molecule has 2 rings (SSSR count). The topological polar surface area (TPSA) is 75.7 Å². The average molecular weight is 392 g/mol. The summed E-state index contributed by atoms with van der Waals surface area (Å²) < 4.78 is 45.0. The van der Waals surface area contributed by atoms with E-state index in [4.69, 9.17) is 4.74 Å². The van der Waals surface area contributed by atoms with Crippen LogP contribution in [0.2, 0.25) is 0 Å². The molecule has 0 spiro atoms. The quantitative estimate of drug-likeness (QED) is 0.665. The van der Waals surface area contributed by atoms with Crippen LogP contribution in [0.25, 0.3) is 0 Å². The van der Waals surface area contributed by atoms with Gasteiger partial charge in [-0.2, -0.15) is 0 Å². The van der Waals surface area contributed by atoms with Gasteiger partial charge in [0.25, 0.3) is 5.91 Å². The number of likely N-dealkylation sites (N-methyl/N-ethyl adjacent to an activating group) is 1. The molecule has 2 aromatic rings. The highest BCUT2D eigenvalue weighted by Gasteiger charge is 2.17. The zero-order chi connectivity index (χ0) is 19.9. The Bertz CT molecular complexity index is 898. The Morgan fingerprint density at radius 3 is 2.63 bits per heavy atom. The maximum Gasteiger partial charge on any atom is 0.253 e. The lowest BCUT2D eigenvalue weighted by Gasteiger charge is -2.18. The van der Waals surface area contributed by atoms with Crippen molar-refractivity contribution in [2.75, 3.05) is 26.7 Å². The third kappa shape index (κ3) is 5.90. The van der Waals surface area contributed by atoms with E-state index >= 15 is 0 Å². The number of halogens is 1. The van der Waals surface area contributed by atoms with Crippen molar-refractivity contribution >= 4 is 15.9 Å². The number of nitrogens with one attached hydrogen (secondary N) is 1. The summed E-state index contributed by atoms with van der Waals surface area (Å²) >= 11 is 0. The standard InChI is InChI=1S/C19H21FN2O4S/c1-3-11-21-27(24,25)18-6-4-5-15(14-18)19(23)22(2)12-13-26-17-9-7-16(20)8-10-17/h3-10,14,21H,1,11-13H2,2H3. The summed E-state index contributed by atoms with van der Waals surface area (Å²) in [7, 11) is -2.12. The van der Waals surface area contributed by atoms with Gasteiger partial charge in [0.15, 0.2) is 0 Å². The summed E-state index contributed by atoms with van der Waals surface area (Å²) in [6.45, 7) is 4.06. The summed E-state index contributed by atoms with van der Waals surface area (Å²) in [5.41, 5.74) is 0.251. The van der Waals surface area contributed by atoms with E-state index in [1.54, 1.807) is 13.1 Å². The second-order valence-electron chi connectivity index (χ2n) is 5.70. The van der Waals surface area contributed by atoms with Crippen LogP contribution in [0, 0.1) is 5.82 Å². The van der Waals surface area contributed by atoms with Crippen molar-refractivity contribution in [1.29, 1.82) is 0 Å². The SMILES string of the molecule is C=CCNS(=O)(=O)c1cccc(C(=O)N(C)CCOc2ccc(F)cc2)c1. The van der Waals surface area contributed by atoms with E-state index in [1.807, 2.05) is 0 Å². The van der Waals surface area contributed by atoms with Gasteiger partial charge in [0.05, 0.1) is 11.4 Å². The lowest BCUT2D eigenvalue weighted by Crippen LogP contribution is -2.31. The Kier molecular flexibility index (Phi) is 7.09. The third-order valence-electron chi connectivity index (χ3n) is 3.66. The number of rotatable bonds is 9. The van der Waals surface area contributed by atoms with E-state index in [9.17, 15) is 17.6 Å². The van der Waals surface area contributed by atoms with Gasteiger partial charge in [0.1, 0.15) is 18.2 Å². The zero-order valence-electron chi connectivity index (χ0n) is 14.9. The van der Waals surface area contributed by atoms with Gasteiger partial charge in [-0.05, 0) is 42.5 Å². The lowest BCUT2D eigenvalue weighted by atomic mass is 10.2. The Balaban J connectivity index is 1.98. The number of carbonyl (C=O) groups excluding carboxylic acids is 1. The minimum atomic E-state index is -3.71. The number of amides is 1. The van der Waals surface area contributed by atoms with Gasteiger partial charge in [-0.1, -0.05) is 12.1 Å². The Labute approximate surface area is 158 Å². The van der Waals surface area contributed by atoms with E-state index in [0.29, 0.717) is 5.75 Å². The zero-order valence-corrected chi connectivity index (χ0v) is 15.7. The molecule has 0 aliphatic rings. The van der Waals surface area contributed by atoms with Crippen molar-refractivity contribution in [3.63, 3.8) is 0 Å². The number of hydrogen-bond acceptors (Lipinski definition) is 4. The summed E-state index contributed by atoms with van der Waals surface area (Å²) in [5.74, 6) is -0.191. The number of nitrogens with zero attached hydrogens (tertiary/aromatic N) is 1. The molecular weight excluding hydrogens is 371 g/mol. The Morgan fingerprint density at radius 2 is 1.96 bits per heavy atom. The molecule has 0 saturated carbocycles. The molecule has 0 aromatic heterocycles. The first-order valence-electron chi connectivity index (χ1n) is 8.18. The summed E-state index contributed by atoms with van der Waals surface area (Å²) in [6.07, 6.45) is 1.43. The highest BCUT2D eigenvalue weighted by Crippen LogP contribution is 2.14. The molecule has 0 bridgehead atoms. The normalized spacial score (nSPS) is 11.0. The van der Waals surface area contributed by atoms with Gasteiger partial charge in [-0.25, -0.2) is 17.5 Å². The van der Waals surface area contributed by atoms with Crippen molar-refractivity contribution in [3.05, 3.63) is 72.6 Å². The Morgan fingerprint density at radius 1 is 1.26 bits per heavy atom. The molecule has 0 fully saturated rings. The summed E-state index contributed by atoms with van der Waals surface area (Å²) in [6, 6.07) is 11.4. The van der Waals surface area contributed by atoms with Crippen LogP contribution in [0.15, 0.2) is 66.1 Å². The molecule has 0 saturated heterocycles. The number of carbonyl (C=O) groups is 1. The van der Waals surface area contributed by atoms with Gasteiger partial charge in [-0.3, -0.25) is 4.79 Å². The summed E-state index contributed by atoms with van der Waals surface area (Å²) in [5, 5.41) is 0. The van der Waals surface area contributed by atoms with Crippen LogP contribution in [0.4, 0.5) is 4.39 Å². The number of benzene rings is 2. The van der Waals surface area contributed by atoms with E-state index < -0.39 is 10.0 Å². The molecule has 1 amide bonds. The van der Waals surface area contributed by atoms with Gasteiger partial charge < -0.3 is 9.64 Å². The molecule has 27 heavy (non-hydrogen) atoms. The largest absolute Gasteiger partial charge is 0.492 e. The van der Waals surface area contributed by atoms with Gasteiger partial charge in [0, 0.05) is 19.2 Å². The Hall–Kier alpha value is -2.71. The van der Waals surface area contributed by atoms with Crippen molar-refractivity contribution in [3.8, 4) is 5.75 Å². The molecule has 6 nitrogen and oxygen atoms in total. The third-order valence-corrected chi connectivity index (χ3v) is 5.09. The summed E-state index contributed by atoms with van der Waals surface area (Å²) in [4.78, 5) is 13.9. The van der Waals surface area contributed by atoms with Crippen LogP contribution in [0.5, 0.6) is 5.75 Å². The number of ether oxygens (including phenoxy) is 1. The molecule has 0 heterocycles. The fourth-order valence-electron chi connectivity index (χ4n) is 2.20. The first-order chi connectivity index (χ1) is 12.8.